The van der Waals surface area contributed by atoms with Crippen molar-refractivity contribution in [3.8, 4) is 5.88 Å². The minimum Gasteiger partial charge on any atom is -0.481 e. The van der Waals surface area contributed by atoms with Crippen LogP contribution in [0.3, 0.4) is 0 Å². The van der Waals surface area contributed by atoms with Gasteiger partial charge in [0.25, 0.3) is 0 Å². The van der Waals surface area contributed by atoms with Crippen molar-refractivity contribution in [2.24, 2.45) is 0 Å². The largest absolute Gasteiger partial charge is 0.481 e. The molecular weight excluding hydrogens is 216 g/mol. The van der Waals surface area contributed by atoms with Crippen molar-refractivity contribution in [3.63, 3.8) is 0 Å². The van der Waals surface area contributed by atoms with Crippen LogP contribution < -0.4 is 10.1 Å². The van der Waals surface area contributed by atoms with Crippen LogP contribution in [0.25, 0.3) is 0 Å². The minimum absolute atomic E-state index is 0.164. The second-order valence-electron chi connectivity index (χ2n) is 3.67. The summed E-state index contributed by atoms with van der Waals surface area (Å²) < 4.78 is 5.09. The number of ether oxygens (including phenoxy) is 1. The fraction of sp³-hybridized carbons (Fsp3) is 0.333. The lowest BCUT2D eigenvalue weighted by atomic mass is 10.2. The molecule has 0 radical (unpaired) electrons. The maximum Gasteiger partial charge on any atom is 0.214 e. The molecule has 1 atom stereocenters. The van der Waals surface area contributed by atoms with E-state index in [2.05, 4.69) is 27.2 Å². The highest BCUT2D eigenvalue weighted by Crippen LogP contribution is 2.21. The third-order valence-corrected chi connectivity index (χ3v) is 2.54. The zero-order chi connectivity index (χ0) is 12.1. The van der Waals surface area contributed by atoms with Crippen molar-refractivity contribution in [1.29, 1.82) is 0 Å². The van der Waals surface area contributed by atoms with Crippen LogP contribution in [0.1, 0.15) is 25.2 Å². The zero-order valence-electron chi connectivity index (χ0n) is 9.97. The van der Waals surface area contributed by atoms with E-state index in [-0.39, 0.29) is 6.04 Å². The molecule has 0 aliphatic rings. The third kappa shape index (κ3) is 2.75. The highest BCUT2D eigenvalue weighted by Gasteiger charge is 2.11. The topological polar surface area (TPSA) is 62.8 Å². The van der Waals surface area contributed by atoms with Gasteiger partial charge >= 0.3 is 0 Å². The van der Waals surface area contributed by atoms with E-state index in [0.29, 0.717) is 5.88 Å². The SMILES string of the molecule is CCC(Nc1ccnc(OC)c1)c1ncc[nH]1. The second kappa shape index (κ2) is 5.34. The Labute approximate surface area is 100 Å². The molecular formula is C12H16N4O. The molecule has 0 spiro atoms. The fourth-order valence-corrected chi connectivity index (χ4v) is 1.64. The van der Waals surface area contributed by atoms with Crippen LogP contribution in [0.2, 0.25) is 0 Å². The number of methoxy groups -OCH3 is 1. The van der Waals surface area contributed by atoms with Gasteiger partial charge in [-0.05, 0) is 12.5 Å². The number of hydrogen-bond donors (Lipinski definition) is 2. The molecule has 90 valence electrons. The molecule has 0 saturated heterocycles. The van der Waals surface area contributed by atoms with Crippen LogP contribution >= 0.6 is 0 Å². The highest BCUT2D eigenvalue weighted by atomic mass is 16.5. The molecule has 0 fully saturated rings. The highest BCUT2D eigenvalue weighted by molar-refractivity contribution is 5.46. The minimum atomic E-state index is 0.164. The summed E-state index contributed by atoms with van der Waals surface area (Å²) >= 11 is 0. The lowest BCUT2D eigenvalue weighted by Gasteiger charge is -2.16. The number of imidazole rings is 1. The van der Waals surface area contributed by atoms with Gasteiger partial charge in [-0.25, -0.2) is 9.97 Å². The molecule has 17 heavy (non-hydrogen) atoms. The van der Waals surface area contributed by atoms with Crippen LogP contribution in [0.5, 0.6) is 5.88 Å². The Hall–Kier alpha value is -2.04. The molecule has 2 rings (SSSR count). The summed E-state index contributed by atoms with van der Waals surface area (Å²) in [4.78, 5) is 11.4. The number of anilines is 1. The van der Waals surface area contributed by atoms with Crippen molar-refractivity contribution < 1.29 is 4.74 Å². The first kappa shape index (κ1) is 11.4. The van der Waals surface area contributed by atoms with E-state index in [1.165, 1.54) is 0 Å². The number of hydrogen-bond acceptors (Lipinski definition) is 4. The van der Waals surface area contributed by atoms with Crippen LogP contribution in [0.4, 0.5) is 5.69 Å². The Bertz CT molecular complexity index is 455. The van der Waals surface area contributed by atoms with Crippen molar-refractivity contribution in [2.75, 3.05) is 12.4 Å². The van der Waals surface area contributed by atoms with Crippen LogP contribution in [0.15, 0.2) is 30.7 Å². The molecule has 1 unspecified atom stereocenters. The Morgan fingerprint density at radius 2 is 2.29 bits per heavy atom. The number of nitrogens with one attached hydrogen (secondary N) is 2. The summed E-state index contributed by atoms with van der Waals surface area (Å²) in [5.41, 5.74) is 0.972. The molecule has 0 amide bonds. The van der Waals surface area contributed by atoms with Crippen LogP contribution in [-0.2, 0) is 0 Å². The summed E-state index contributed by atoms with van der Waals surface area (Å²) in [5, 5.41) is 3.39. The van der Waals surface area contributed by atoms with Gasteiger partial charge < -0.3 is 15.0 Å². The number of aromatic nitrogens is 3. The van der Waals surface area contributed by atoms with E-state index < -0.39 is 0 Å². The molecule has 2 aromatic heterocycles. The molecule has 0 bridgehead atoms. The average molecular weight is 232 g/mol. The smallest absolute Gasteiger partial charge is 0.214 e. The summed E-state index contributed by atoms with van der Waals surface area (Å²) in [5.74, 6) is 1.53. The van der Waals surface area contributed by atoms with Gasteiger partial charge in [0.05, 0.1) is 13.2 Å². The number of pyridine rings is 1. The molecule has 0 aliphatic heterocycles. The maximum atomic E-state index is 5.09. The fourth-order valence-electron chi connectivity index (χ4n) is 1.64. The Balaban J connectivity index is 2.13. The summed E-state index contributed by atoms with van der Waals surface area (Å²) in [6.45, 7) is 2.11. The second-order valence-corrected chi connectivity index (χ2v) is 3.67. The predicted molar refractivity (Wildman–Crippen MR) is 66.0 cm³/mol. The van der Waals surface area contributed by atoms with Gasteiger partial charge in [-0.2, -0.15) is 0 Å². The van der Waals surface area contributed by atoms with Gasteiger partial charge in [0, 0.05) is 30.3 Å². The first-order valence-electron chi connectivity index (χ1n) is 5.59. The zero-order valence-corrected chi connectivity index (χ0v) is 9.97. The third-order valence-electron chi connectivity index (χ3n) is 2.54. The average Bonchev–Trinajstić information content (AvgIpc) is 2.90. The number of rotatable bonds is 5. The summed E-state index contributed by atoms with van der Waals surface area (Å²) in [6, 6.07) is 3.94. The predicted octanol–water partition coefficient (Wildman–Crippen LogP) is 2.38. The van der Waals surface area contributed by atoms with E-state index in [9.17, 15) is 0 Å². The lowest BCUT2D eigenvalue weighted by Crippen LogP contribution is -2.11. The van der Waals surface area contributed by atoms with Gasteiger partial charge in [0.15, 0.2) is 0 Å². The van der Waals surface area contributed by atoms with Crippen molar-refractivity contribution >= 4 is 5.69 Å². The molecule has 2 N–H and O–H groups in total. The molecule has 5 nitrogen and oxygen atoms in total. The quantitative estimate of drug-likeness (QED) is 0.830. The Morgan fingerprint density at radius 3 is 2.94 bits per heavy atom. The first-order chi connectivity index (χ1) is 8.33. The summed E-state index contributed by atoms with van der Waals surface area (Å²) in [6.07, 6.45) is 6.24. The molecule has 2 aromatic rings. The monoisotopic (exact) mass is 232 g/mol. The number of aromatic amines is 1. The normalized spacial score (nSPS) is 12.1. The number of H-pyrrole nitrogens is 1. The molecule has 0 aromatic carbocycles. The van der Waals surface area contributed by atoms with Gasteiger partial charge in [-0.1, -0.05) is 6.92 Å². The molecule has 5 heteroatoms. The number of nitrogens with zero attached hydrogens (tertiary/aromatic N) is 2. The Morgan fingerprint density at radius 1 is 1.41 bits per heavy atom. The standard InChI is InChI=1S/C12H16N4O/c1-3-10(12-14-6-7-15-12)16-9-4-5-13-11(8-9)17-2/h4-8,10H,3H2,1-2H3,(H,13,16)(H,14,15). The molecule has 2 heterocycles. The van der Waals surface area contributed by atoms with Gasteiger partial charge in [0.2, 0.25) is 5.88 Å². The Kier molecular flexibility index (Phi) is 3.59. The van der Waals surface area contributed by atoms with E-state index >= 15 is 0 Å². The maximum absolute atomic E-state index is 5.09. The van der Waals surface area contributed by atoms with Gasteiger partial charge in [-0.15, -0.1) is 0 Å². The van der Waals surface area contributed by atoms with E-state index in [1.807, 2.05) is 18.3 Å². The van der Waals surface area contributed by atoms with Crippen LogP contribution in [0, 0.1) is 0 Å². The molecule has 0 aliphatic carbocycles. The molecule has 0 saturated carbocycles. The van der Waals surface area contributed by atoms with Crippen molar-refractivity contribution in [2.45, 2.75) is 19.4 Å². The van der Waals surface area contributed by atoms with Crippen molar-refractivity contribution in [1.82, 2.24) is 15.0 Å². The van der Waals surface area contributed by atoms with E-state index in [4.69, 9.17) is 4.74 Å². The van der Waals surface area contributed by atoms with Crippen LogP contribution in [-0.4, -0.2) is 22.1 Å². The van der Waals surface area contributed by atoms with Gasteiger partial charge in [0.1, 0.15) is 5.82 Å². The van der Waals surface area contributed by atoms with E-state index in [1.54, 1.807) is 19.5 Å². The van der Waals surface area contributed by atoms with E-state index in [0.717, 1.165) is 17.9 Å². The first-order valence-corrected chi connectivity index (χ1v) is 5.59. The van der Waals surface area contributed by atoms with Crippen molar-refractivity contribution in [3.05, 3.63) is 36.5 Å². The lowest BCUT2D eigenvalue weighted by molar-refractivity contribution is 0.398. The van der Waals surface area contributed by atoms with Gasteiger partial charge in [-0.3, -0.25) is 0 Å². The summed E-state index contributed by atoms with van der Waals surface area (Å²) in [7, 11) is 1.61.